The molecule has 0 fully saturated rings. The van der Waals surface area contributed by atoms with Gasteiger partial charge in [0.1, 0.15) is 0 Å². The second-order valence-corrected chi connectivity index (χ2v) is 17.5. The Morgan fingerprint density at radius 1 is 0.290 bits per heavy atom. The van der Waals surface area contributed by atoms with E-state index in [-0.39, 0.29) is 0 Å². The molecule has 2 aliphatic rings. The zero-order valence-electron chi connectivity index (χ0n) is 33.6. The lowest BCUT2D eigenvalue weighted by Gasteiger charge is -2.35. The van der Waals surface area contributed by atoms with Gasteiger partial charge in [-0.15, -0.1) is 11.3 Å². The molecule has 0 N–H and O–H groups in total. The van der Waals surface area contributed by atoms with Crippen molar-refractivity contribution in [2.45, 2.75) is 5.41 Å². The van der Waals surface area contributed by atoms with E-state index in [4.69, 9.17) is 9.97 Å². The van der Waals surface area contributed by atoms with Crippen molar-refractivity contribution in [1.82, 2.24) is 9.97 Å². The van der Waals surface area contributed by atoms with E-state index in [0.717, 1.165) is 33.6 Å². The van der Waals surface area contributed by atoms with Gasteiger partial charge in [0.05, 0.1) is 16.8 Å². The van der Waals surface area contributed by atoms with Crippen molar-refractivity contribution in [2.24, 2.45) is 0 Å². The molecule has 1 spiro atoms. The molecule has 3 heteroatoms. The molecule has 0 saturated carbocycles. The molecule has 0 aliphatic heterocycles. The Balaban J connectivity index is 1.07. The van der Waals surface area contributed by atoms with Gasteiger partial charge in [-0.3, -0.25) is 0 Å². The standard InChI is InChI=1S/C59H36N2S/c1-2-15-37(16-3-1)38-17-14-18-39(33-38)54-36-55(40-29-32-49-48-24-9-13-28-56(48)62-57(49)35-40)61-58(60-54)41-30-31-47-46-23-8-12-27-52(46)59(53(47)34-41)50-25-10-6-21-44(50)42-19-4-5-20-43(42)45-22-7-11-26-51(45)59/h1-36H. The van der Waals surface area contributed by atoms with Crippen LogP contribution in [0.4, 0.5) is 0 Å². The van der Waals surface area contributed by atoms with Gasteiger partial charge < -0.3 is 0 Å². The van der Waals surface area contributed by atoms with Crippen molar-refractivity contribution in [3.8, 4) is 78.4 Å². The molecule has 0 bridgehead atoms. The minimum atomic E-state index is -0.592. The van der Waals surface area contributed by atoms with Crippen LogP contribution < -0.4 is 0 Å². The Morgan fingerprint density at radius 3 is 1.48 bits per heavy atom. The van der Waals surface area contributed by atoms with Gasteiger partial charge in [0.2, 0.25) is 0 Å². The van der Waals surface area contributed by atoms with Crippen molar-refractivity contribution in [3.63, 3.8) is 0 Å². The van der Waals surface area contributed by atoms with Gasteiger partial charge in [-0.05, 0) is 97.1 Å². The molecule has 13 rings (SSSR count). The number of aromatic nitrogens is 2. The molecular formula is C59H36N2S. The van der Waals surface area contributed by atoms with Crippen molar-refractivity contribution in [3.05, 3.63) is 241 Å². The lowest BCUT2D eigenvalue weighted by atomic mass is 9.66. The lowest BCUT2D eigenvalue weighted by molar-refractivity contribution is 0.775. The van der Waals surface area contributed by atoms with Gasteiger partial charge in [-0.2, -0.15) is 0 Å². The Labute approximate surface area is 364 Å². The van der Waals surface area contributed by atoms with Crippen LogP contribution in [0.15, 0.2) is 218 Å². The largest absolute Gasteiger partial charge is 0.228 e. The number of fused-ring (bicyclic) bond motifs is 15. The number of thiophene rings is 1. The summed E-state index contributed by atoms with van der Waals surface area (Å²) < 4.78 is 2.54. The molecule has 0 radical (unpaired) electrons. The van der Waals surface area contributed by atoms with E-state index in [1.165, 1.54) is 81.4 Å². The minimum absolute atomic E-state index is 0.592. The third kappa shape index (κ3) is 5.16. The van der Waals surface area contributed by atoms with Gasteiger partial charge in [-0.1, -0.05) is 188 Å². The highest BCUT2D eigenvalue weighted by molar-refractivity contribution is 7.25. The zero-order chi connectivity index (χ0) is 40.8. The molecule has 0 saturated heterocycles. The minimum Gasteiger partial charge on any atom is -0.228 e. The Morgan fingerprint density at radius 2 is 0.790 bits per heavy atom. The van der Waals surface area contributed by atoms with Crippen molar-refractivity contribution >= 4 is 31.5 Å². The molecular weight excluding hydrogens is 769 g/mol. The van der Waals surface area contributed by atoms with Crippen molar-refractivity contribution in [2.75, 3.05) is 0 Å². The first-order valence-corrected chi connectivity index (χ1v) is 22.0. The normalized spacial score (nSPS) is 13.0. The van der Waals surface area contributed by atoms with Gasteiger partial charge in [0.15, 0.2) is 5.82 Å². The Kier molecular flexibility index (Phi) is 7.72. The average Bonchev–Trinajstić information content (AvgIpc) is 3.84. The molecule has 0 unspecified atom stereocenters. The smallest absolute Gasteiger partial charge is 0.160 e. The second kappa shape index (κ2) is 13.7. The summed E-state index contributed by atoms with van der Waals surface area (Å²) in [5.74, 6) is 0.700. The zero-order valence-corrected chi connectivity index (χ0v) is 34.4. The summed E-state index contributed by atoms with van der Waals surface area (Å²) in [4.78, 5) is 11.0. The molecule has 2 aromatic heterocycles. The highest BCUT2D eigenvalue weighted by Crippen LogP contribution is 2.61. The maximum atomic E-state index is 5.48. The van der Waals surface area contributed by atoms with Crippen LogP contribution in [0.1, 0.15) is 22.3 Å². The van der Waals surface area contributed by atoms with Crippen LogP contribution >= 0.6 is 11.3 Å². The fourth-order valence-electron chi connectivity index (χ4n) is 10.4. The van der Waals surface area contributed by atoms with Crippen LogP contribution in [-0.2, 0) is 5.41 Å². The lowest BCUT2D eigenvalue weighted by Crippen LogP contribution is -2.29. The SMILES string of the molecule is c1ccc(-c2cccc(-c3cc(-c4ccc5c(c4)sc4ccccc45)nc(-c4ccc5c(c4)C4(c6ccccc6-c6ccccc6-c6ccccc64)c4ccccc4-5)n3)c2)cc1. The van der Waals surface area contributed by atoms with E-state index < -0.39 is 5.41 Å². The highest BCUT2D eigenvalue weighted by atomic mass is 32.1. The van der Waals surface area contributed by atoms with Gasteiger partial charge in [0.25, 0.3) is 0 Å². The molecule has 2 heterocycles. The maximum Gasteiger partial charge on any atom is 0.160 e. The topological polar surface area (TPSA) is 25.8 Å². The third-order valence-electron chi connectivity index (χ3n) is 13.1. The first-order valence-electron chi connectivity index (χ1n) is 21.2. The summed E-state index contributed by atoms with van der Waals surface area (Å²) in [6, 6.07) is 79.9. The van der Waals surface area contributed by atoms with E-state index in [1.807, 2.05) is 11.3 Å². The highest BCUT2D eigenvalue weighted by Gasteiger charge is 2.49. The number of hydrogen-bond donors (Lipinski definition) is 0. The van der Waals surface area contributed by atoms with E-state index in [0.29, 0.717) is 5.82 Å². The Bertz CT molecular complexity index is 3530. The fraction of sp³-hybridized carbons (Fsp3) is 0.0169. The molecule has 11 aromatic rings. The van der Waals surface area contributed by atoms with Crippen LogP contribution in [0.2, 0.25) is 0 Å². The van der Waals surface area contributed by atoms with Crippen LogP contribution in [0.5, 0.6) is 0 Å². The first kappa shape index (κ1) is 35.1. The number of nitrogens with zero attached hydrogens (tertiary/aromatic N) is 2. The van der Waals surface area contributed by atoms with Gasteiger partial charge in [-0.25, -0.2) is 9.97 Å². The summed E-state index contributed by atoms with van der Waals surface area (Å²) in [6.45, 7) is 0. The van der Waals surface area contributed by atoms with Crippen LogP contribution in [-0.4, -0.2) is 9.97 Å². The summed E-state index contributed by atoms with van der Waals surface area (Å²) in [5, 5.41) is 2.56. The number of benzene rings is 9. The second-order valence-electron chi connectivity index (χ2n) is 16.4. The third-order valence-corrected chi connectivity index (χ3v) is 14.3. The monoisotopic (exact) mass is 804 g/mol. The summed E-state index contributed by atoms with van der Waals surface area (Å²) in [7, 11) is 0. The molecule has 62 heavy (non-hydrogen) atoms. The van der Waals surface area contributed by atoms with E-state index >= 15 is 0 Å². The maximum absolute atomic E-state index is 5.48. The quantitative estimate of drug-likeness (QED) is 0.177. The molecule has 0 amide bonds. The predicted octanol–water partition coefficient (Wildman–Crippen LogP) is 15.5. The van der Waals surface area contributed by atoms with Crippen molar-refractivity contribution in [1.29, 1.82) is 0 Å². The molecule has 9 aromatic carbocycles. The Hall–Kier alpha value is -7.72. The molecule has 0 atom stereocenters. The summed E-state index contributed by atoms with van der Waals surface area (Å²) in [6.07, 6.45) is 0. The van der Waals surface area contributed by atoms with E-state index in [9.17, 15) is 0 Å². The summed E-state index contributed by atoms with van der Waals surface area (Å²) in [5.41, 5.74) is 19.2. The number of rotatable bonds is 4. The van der Waals surface area contributed by atoms with Gasteiger partial charge in [0, 0.05) is 36.9 Å². The van der Waals surface area contributed by atoms with E-state index in [2.05, 4.69) is 218 Å². The molecule has 2 nitrogen and oxygen atoms in total. The number of hydrogen-bond acceptors (Lipinski definition) is 3. The average molecular weight is 805 g/mol. The predicted molar refractivity (Wildman–Crippen MR) is 258 cm³/mol. The first-order chi connectivity index (χ1) is 30.7. The van der Waals surface area contributed by atoms with Crippen LogP contribution in [0.25, 0.3) is 98.6 Å². The van der Waals surface area contributed by atoms with Gasteiger partial charge >= 0.3 is 0 Å². The molecule has 2 aliphatic carbocycles. The van der Waals surface area contributed by atoms with E-state index in [1.54, 1.807) is 0 Å². The van der Waals surface area contributed by atoms with Crippen LogP contribution in [0.3, 0.4) is 0 Å². The fourth-order valence-corrected chi connectivity index (χ4v) is 11.6. The summed E-state index contributed by atoms with van der Waals surface area (Å²) >= 11 is 1.83. The van der Waals surface area contributed by atoms with Crippen LogP contribution in [0, 0.1) is 0 Å². The molecule has 288 valence electrons. The van der Waals surface area contributed by atoms with Crippen molar-refractivity contribution < 1.29 is 0 Å².